The Bertz CT molecular complexity index is 346. The Morgan fingerprint density at radius 1 is 1.50 bits per heavy atom. The van der Waals surface area contributed by atoms with Crippen LogP contribution in [0.4, 0.5) is 0 Å². The van der Waals surface area contributed by atoms with Crippen molar-refractivity contribution in [3.05, 3.63) is 29.6 Å². The van der Waals surface area contributed by atoms with Crippen LogP contribution >= 0.6 is 0 Å². The number of aryl methyl sites for hydroxylation is 1. The second kappa shape index (κ2) is 4.96. The summed E-state index contributed by atoms with van der Waals surface area (Å²) in [6.07, 6.45) is 4.57. The molecule has 16 heavy (non-hydrogen) atoms. The minimum Gasteiger partial charge on any atom is -0.296 e. The number of hydrogen-bond donors (Lipinski definition) is 0. The van der Waals surface area contributed by atoms with Gasteiger partial charge in [0.25, 0.3) is 0 Å². The number of rotatable bonds is 3. The second-order valence-electron chi connectivity index (χ2n) is 5.28. The number of pyridine rings is 1. The standard InChI is InChI=1S/C14H22N2/c1-11(2)10-16-8-4-5-14(16)13-6-7-15-12(3)9-13/h6-7,9,11,14H,4-5,8,10H2,1-3H3/t14-/m1/s1. The van der Waals surface area contributed by atoms with Crippen molar-refractivity contribution < 1.29 is 0 Å². The first kappa shape index (κ1) is 11.6. The average molecular weight is 218 g/mol. The molecule has 2 heterocycles. The van der Waals surface area contributed by atoms with E-state index < -0.39 is 0 Å². The third kappa shape index (κ3) is 2.62. The summed E-state index contributed by atoms with van der Waals surface area (Å²) >= 11 is 0. The van der Waals surface area contributed by atoms with Gasteiger partial charge in [-0.3, -0.25) is 9.88 Å². The maximum absolute atomic E-state index is 4.28. The molecule has 2 nitrogen and oxygen atoms in total. The fourth-order valence-electron chi connectivity index (χ4n) is 2.67. The van der Waals surface area contributed by atoms with Crippen LogP contribution < -0.4 is 0 Å². The van der Waals surface area contributed by atoms with Gasteiger partial charge >= 0.3 is 0 Å². The van der Waals surface area contributed by atoms with Gasteiger partial charge in [-0.25, -0.2) is 0 Å². The monoisotopic (exact) mass is 218 g/mol. The normalized spacial score (nSPS) is 21.9. The van der Waals surface area contributed by atoms with E-state index in [2.05, 4.69) is 42.8 Å². The summed E-state index contributed by atoms with van der Waals surface area (Å²) in [5.74, 6) is 0.753. The molecule has 0 unspecified atom stereocenters. The van der Waals surface area contributed by atoms with Gasteiger partial charge in [-0.2, -0.15) is 0 Å². The van der Waals surface area contributed by atoms with E-state index in [0.29, 0.717) is 6.04 Å². The molecule has 1 aliphatic heterocycles. The summed E-state index contributed by atoms with van der Waals surface area (Å²) in [5, 5.41) is 0. The molecular weight excluding hydrogens is 196 g/mol. The quantitative estimate of drug-likeness (QED) is 0.774. The fourth-order valence-corrected chi connectivity index (χ4v) is 2.67. The largest absolute Gasteiger partial charge is 0.296 e. The fraction of sp³-hybridized carbons (Fsp3) is 0.643. The smallest absolute Gasteiger partial charge is 0.0375 e. The van der Waals surface area contributed by atoms with Gasteiger partial charge in [-0.05, 0) is 49.9 Å². The van der Waals surface area contributed by atoms with Crippen LogP contribution in [-0.4, -0.2) is 23.0 Å². The highest BCUT2D eigenvalue weighted by atomic mass is 15.2. The lowest BCUT2D eigenvalue weighted by Gasteiger charge is -2.26. The zero-order valence-electron chi connectivity index (χ0n) is 10.6. The molecule has 0 radical (unpaired) electrons. The maximum atomic E-state index is 4.28. The number of likely N-dealkylation sites (tertiary alicyclic amines) is 1. The van der Waals surface area contributed by atoms with E-state index in [1.807, 2.05) is 6.20 Å². The van der Waals surface area contributed by atoms with Gasteiger partial charge in [0.1, 0.15) is 0 Å². The van der Waals surface area contributed by atoms with E-state index in [1.54, 1.807) is 0 Å². The lowest BCUT2D eigenvalue weighted by molar-refractivity contribution is 0.229. The molecule has 1 aliphatic rings. The zero-order chi connectivity index (χ0) is 11.5. The highest BCUT2D eigenvalue weighted by Gasteiger charge is 2.26. The van der Waals surface area contributed by atoms with Crippen molar-refractivity contribution in [3.63, 3.8) is 0 Å². The van der Waals surface area contributed by atoms with Gasteiger partial charge in [0.05, 0.1) is 0 Å². The van der Waals surface area contributed by atoms with Crippen LogP contribution in [0.3, 0.4) is 0 Å². The molecular formula is C14H22N2. The van der Waals surface area contributed by atoms with Gasteiger partial charge in [0.2, 0.25) is 0 Å². The summed E-state index contributed by atoms with van der Waals surface area (Å²) in [7, 11) is 0. The van der Waals surface area contributed by atoms with Crippen LogP contribution in [0.2, 0.25) is 0 Å². The van der Waals surface area contributed by atoms with Crippen LogP contribution in [0.5, 0.6) is 0 Å². The predicted octanol–water partition coefficient (Wildman–Crippen LogP) is 3.18. The molecule has 0 aromatic carbocycles. The van der Waals surface area contributed by atoms with Crippen LogP contribution in [0.15, 0.2) is 18.3 Å². The number of aromatic nitrogens is 1. The van der Waals surface area contributed by atoms with Crippen LogP contribution in [-0.2, 0) is 0 Å². The number of nitrogens with zero attached hydrogens (tertiary/aromatic N) is 2. The Labute approximate surface area is 98.7 Å². The summed E-state index contributed by atoms with van der Waals surface area (Å²) < 4.78 is 0. The Balaban J connectivity index is 2.13. The van der Waals surface area contributed by atoms with Crippen LogP contribution in [0, 0.1) is 12.8 Å². The zero-order valence-corrected chi connectivity index (χ0v) is 10.6. The maximum Gasteiger partial charge on any atom is 0.0375 e. The summed E-state index contributed by atoms with van der Waals surface area (Å²) in [5.41, 5.74) is 2.58. The molecule has 0 spiro atoms. The van der Waals surface area contributed by atoms with Gasteiger partial charge in [-0.1, -0.05) is 13.8 Å². The summed E-state index contributed by atoms with van der Waals surface area (Å²) in [6, 6.07) is 5.05. The van der Waals surface area contributed by atoms with Gasteiger partial charge < -0.3 is 0 Å². The van der Waals surface area contributed by atoms with E-state index in [0.717, 1.165) is 11.6 Å². The second-order valence-corrected chi connectivity index (χ2v) is 5.28. The highest BCUT2D eigenvalue weighted by Crippen LogP contribution is 2.32. The lowest BCUT2D eigenvalue weighted by atomic mass is 10.0. The third-order valence-corrected chi connectivity index (χ3v) is 3.27. The Kier molecular flexibility index (Phi) is 3.59. The Hall–Kier alpha value is -0.890. The molecule has 2 rings (SSSR count). The van der Waals surface area contributed by atoms with E-state index in [9.17, 15) is 0 Å². The van der Waals surface area contributed by atoms with Crippen LogP contribution in [0.25, 0.3) is 0 Å². The molecule has 0 N–H and O–H groups in total. The first-order valence-corrected chi connectivity index (χ1v) is 6.33. The van der Waals surface area contributed by atoms with E-state index >= 15 is 0 Å². The molecule has 0 bridgehead atoms. The summed E-state index contributed by atoms with van der Waals surface area (Å²) in [6.45, 7) is 9.14. The minimum atomic E-state index is 0.629. The molecule has 88 valence electrons. The predicted molar refractivity (Wildman–Crippen MR) is 67.4 cm³/mol. The van der Waals surface area contributed by atoms with Gasteiger partial charge in [0, 0.05) is 24.5 Å². The Morgan fingerprint density at radius 3 is 3.00 bits per heavy atom. The SMILES string of the molecule is Cc1cc([C@H]2CCCN2CC(C)C)ccn1. The van der Waals surface area contributed by atoms with Crippen molar-refractivity contribution >= 4 is 0 Å². The van der Waals surface area contributed by atoms with E-state index in [-0.39, 0.29) is 0 Å². The molecule has 1 fully saturated rings. The van der Waals surface area contributed by atoms with Crippen molar-refractivity contribution in [1.29, 1.82) is 0 Å². The molecule has 1 aromatic rings. The van der Waals surface area contributed by atoms with Crippen molar-refractivity contribution in [2.24, 2.45) is 5.92 Å². The molecule has 0 saturated carbocycles. The van der Waals surface area contributed by atoms with Crippen molar-refractivity contribution in [2.75, 3.05) is 13.1 Å². The molecule has 2 heteroatoms. The van der Waals surface area contributed by atoms with E-state index in [1.165, 1.54) is 31.5 Å². The highest BCUT2D eigenvalue weighted by molar-refractivity contribution is 5.20. The van der Waals surface area contributed by atoms with Gasteiger partial charge in [-0.15, -0.1) is 0 Å². The number of hydrogen-bond acceptors (Lipinski definition) is 2. The third-order valence-electron chi connectivity index (χ3n) is 3.27. The first-order valence-electron chi connectivity index (χ1n) is 6.33. The molecule has 1 saturated heterocycles. The van der Waals surface area contributed by atoms with Gasteiger partial charge in [0.15, 0.2) is 0 Å². The van der Waals surface area contributed by atoms with Crippen LogP contribution in [0.1, 0.15) is 44.0 Å². The molecule has 1 atom stereocenters. The Morgan fingerprint density at radius 2 is 2.31 bits per heavy atom. The molecule has 1 aromatic heterocycles. The first-order chi connectivity index (χ1) is 7.66. The lowest BCUT2D eigenvalue weighted by Crippen LogP contribution is -2.27. The topological polar surface area (TPSA) is 16.1 Å². The van der Waals surface area contributed by atoms with Crippen molar-refractivity contribution in [3.8, 4) is 0 Å². The molecule has 0 amide bonds. The van der Waals surface area contributed by atoms with Crippen molar-refractivity contribution in [2.45, 2.75) is 39.7 Å². The molecule has 0 aliphatic carbocycles. The van der Waals surface area contributed by atoms with E-state index in [4.69, 9.17) is 0 Å². The minimum absolute atomic E-state index is 0.629. The summed E-state index contributed by atoms with van der Waals surface area (Å²) in [4.78, 5) is 6.90. The average Bonchev–Trinajstić information content (AvgIpc) is 2.65. The van der Waals surface area contributed by atoms with Crippen molar-refractivity contribution in [1.82, 2.24) is 9.88 Å².